The van der Waals surface area contributed by atoms with E-state index in [-0.39, 0.29) is 42.7 Å². The van der Waals surface area contributed by atoms with Crippen LogP contribution in [0.4, 0.5) is 0 Å². The van der Waals surface area contributed by atoms with Gasteiger partial charge in [0.05, 0.1) is 13.2 Å². The maximum Gasteiger partial charge on any atom is 0.253 e. The number of nitrogens with one attached hydrogen (secondary N) is 1. The van der Waals surface area contributed by atoms with Gasteiger partial charge in [0.2, 0.25) is 5.91 Å². The first-order valence-corrected chi connectivity index (χ1v) is 9.35. The molecule has 3 aliphatic rings. The van der Waals surface area contributed by atoms with E-state index in [0.717, 1.165) is 45.6 Å². The summed E-state index contributed by atoms with van der Waals surface area (Å²) in [6.45, 7) is 7.23. The van der Waals surface area contributed by atoms with Crippen LogP contribution >= 0.6 is 24.8 Å². The normalized spacial score (nSPS) is 24.8. The molecule has 1 unspecified atom stereocenters. The van der Waals surface area contributed by atoms with E-state index in [1.807, 2.05) is 9.80 Å². The molecule has 0 aromatic rings. The monoisotopic (exact) mass is 410 g/mol. The van der Waals surface area contributed by atoms with Crippen molar-refractivity contribution in [1.82, 2.24) is 20.0 Å². The highest BCUT2D eigenvalue weighted by Gasteiger charge is 2.30. The zero-order valence-electron chi connectivity index (χ0n) is 15.4. The largest absolute Gasteiger partial charge is 0.366 e. The average Bonchev–Trinajstić information content (AvgIpc) is 2.92. The molecule has 26 heavy (non-hydrogen) atoms. The van der Waals surface area contributed by atoms with Crippen LogP contribution in [0.5, 0.6) is 0 Å². The second-order valence-electron chi connectivity index (χ2n) is 6.96. The predicted octanol–water partition coefficient (Wildman–Crippen LogP) is 0.365. The second kappa shape index (κ2) is 12.0. The fourth-order valence-electron chi connectivity index (χ4n) is 3.67. The zero-order valence-corrected chi connectivity index (χ0v) is 17.0. The summed E-state index contributed by atoms with van der Waals surface area (Å²) in [4.78, 5) is 31.0. The van der Waals surface area contributed by atoms with Crippen molar-refractivity contribution < 1.29 is 14.3 Å². The summed E-state index contributed by atoms with van der Waals surface area (Å²) in [6.07, 6.45) is 4.39. The summed E-state index contributed by atoms with van der Waals surface area (Å²) >= 11 is 0. The molecule has 3 rings (SSSR count). The van der Waals surface area contributed by atoms with Gasteiger partial charge in [-0.2, -0.15) is 0 Å². The minimum absolute atomic E-state index is 0. The Morgan fingerprint density at radius 2 is 1.54 bits per heavy atom. The standard InChI is InChI=1S/C17H30N4O3.2ClH/c22-16(20-6-3-1-2-4-7-20)14-19-8-10-21(11-9-19)17(23)15-13-18-5-12-24-15;;/h15,18H,1-14H2;2*1H. The number of amides is 2. The van der Waals surface area contributed by atoms with Gasteiger partial charge in [0, 0.05) is 52.4 Å². The van der Waals surface area contributed by atoms with Crippen LogP contribution < -0.4 is 5.32 Å². The first-order valence-electron chi connectivity index (χ1n) is 9.35. The fraction of sp³-hybridized carbons (Fsp3) is 0.882. The first kappa shape index (κ1) is 23.4. The molecule has 7 nitrogen and oxygen atoms in total. The summed E-state index contributed by atoms with van der Waals surface area (Å²) in [5.74, 6) is 0.331. The number of morpholine rings is 1. The summed E-state index contributed by atoms with van der Waals surface area (Å²) in [5, 5.41) is 3.20. The number of ether oxygens (including phenoxy) is 1. The maximum absolute atomic E-state index is 12.5. The lowest BCUT2D eigenvalue weighted by atomic mass is 10.2. The van der Waals surface area contributed by atoms with Gasteiger partial charge in [0.1, 0.15) is 6.10 Å². The molecule has 0 bridgehead atoms. The van der Waals surface area contributed by atoms with Crippen LogP contribution in [0.25, 0.3) is 0 Å². The minimum Gasteiger partial charge on any atom is -0.366 e. The van der Waals surface area contributed by atoms with E-state index in [0.29, 0.717) is 32.8 Å². The number of rotatable bonds is 3. The zero-order chi connectivity index (χ0) is 16.8. The molecule has 3 heterocycles. The van der Waals surface area contributed by atoms with E-state index in [1.54, 1.807) is 0 Å². The van der Waals surface area contributed by atoms with E-state index in [1.165, 1.54) is 12.8 Å². The summed E-state index contributed by atoms with van der Waals surface area (Å²) in [5.41, 5.74) is 0. The van der Waals surface area contributed by atoms with Crippen LogP contribution in [0, 0.1) is 0 Å². The number of carbonyl (C=O) groups is 2. The molecule has 3 aliphatic heterocycles. The molecule has 0 spiro atoms. The van der Waals surface area contributed by atoms with Crippen LogP contribution in [0.3, 0.4) is 0 Å². The molecule has 2 amide bonds. The number of hydrogen-bond acceptors (Lipinski definition) is 5. The summed E-state index contributed by atoms with van der Waals surface area (Å²) in [6, 6.07) is 0. The van der Waals surface area contributed by atoms with Gasteiger partial charge in [0.15, 0.2) is 0 Å². The van der Waals surface area contributed by atoms with E-state index >= 15 is 0 Å². The van der Waals surface area contributed by atoms with Gasteiger partial charge in [0.25, 0.3) is 5.91 Å². The lowest BCUT2D eigenvalue weighted by molar-refractivity contribution is -0.147. The van der Waals surface area contributed by atoms with Gasteiger partial charge in [-0.25, -0.2) is 0 Å². The molecular weight excluding hydrogens is 379 g/mol. The third-order valence-electron chi connectivity index (χ3n) is 5.20. The van der Waals surface area contributed by atoms with Crippen molar-refractivity contribution in [3.05, 3.63) is 0 Å². The molecular formula is C17H32Cl2N4O3. The van der Waals surface area contributed by atoms with E-state index < -0.39 is 0 Å². The summed E-state index contributed by atoms with van der Waals surface area (Å²) in [7, 11) is 0. The molecule has 152 valence electrons. The Hall–Kier alpha value is -0.600. The molecule has 3 fully saturated rings. The number of nitrogens with zero attached hydrogens (tertiary/aromatic N) is 3. The lowest BCUT2D eigenvalue weighted by Gasteiger charge is -2.37. The average molecular weight is 411 g/mol. The Balaban J connectivity index is 0.00000169. The number of carbonyl (C=O) groups excluding carboxylic acids is 2. The van der Waals surface area contributed by atoms with Crippen molar-refractivity contribution in [3.63, 3.8) is 0 Å². The fourth-order valence-corrected chi connectivity index (χ4v) is 3.67. The molecule has 0 aromatic heterocycles. The number of piperazine rings is 1. The highest BCUT2D eigenvalue weighted by Crippen LogP contribution is 2.11. The van der Waals surface area contributed by atoms with Crippen LogP contribution in [-0.2, 0) is 14.3 Å². The molecule has 0 saturated carbocycles. The Labute approximate surface area is 168 Å². The molecule has 3 saturated heterocycles. The van der Waals surface area contributed by atoms with Crippen molar-refractivity contribution in [2.75, 3.05) is 65.5 Å². The van der Waals surface area contributed by atoms with Crippen molar-refractivity contribution in [3.8, 4) is 0 Å². The Morgan fingerprint density at radius 3 is 2.12 bits per heavy atom. The molecule has 1 atom stereocenters. The Kier molecular flexibility index (Phi) is 10.8. The Morgan fingerprint density at radius 1 is 0.885 bits per heavy atom. The van der Waals surface area contributed by atoms with Crippen LogP contribution in [0.1, 0.15) is 25.7 Å². The number of hydrogen-bond donors (Lipinski definition) is 1. The minimum atomic E-state index is -0.343. The summed E-state index contributed by atoms with van der Waals surface area (Å²) < 4.78 is 5.55. The molecule has 1 N–H and O–H groups in total. The quantitative estimate of drug-likeness (QED) is 0.727. The highest BCUT2D eigenvalue weighted by atomic mass is 35.5. The molecule has 9 heteroatoms. The maximum atomic E-state index is 12.5. The number of halogens is 2. The van der Waals surface area contributed by atoms with Gasteiger partial charge in [-0.15, -0.1) is 24.8 Å². The van der Waals surface area contributed by atoms with Crippen molar-refractivity contribution in [2.45, 2.75) is 31.8 Å². The van der Waals surface area contributed by atoms with Gasteiger partial charge in [-0.1, -0.05) is 12.8 Å². The van der Waals surface area contributed by atoms with Gasteiger partial charge < -0.3 is 19.9 Å². The van der Waals surface area contributed by atoms with E-state index in [2.05, 4.69) is 10.2 Å². The second-order valence-corrected chi connectivity index (χ2v) is 6.96. The predicted molar refractivity (Wildman–Crippen MR) is 105 cm³/mol. The lowest BCUT2D eigenvalue weighted by Crippen LogP contribution is -2.56. The smallest absolute Gasteiger partial charge is 0.253 e. The van der Waals surface area contributed by atoms with Gasteiger partial charge >= 0.3 is 0 Å². The first-order chi connectivity index (χ1) is 11.7. The topological polar surface area (TPSA) is 65.1 Å². The third kappa shape index (κ3) is 6.53. The van der Waals surface area contributed by atoms with Crippen LogP contribution in [-0.4, -0.2) is 98.1 Å². The SMILES string of the molecule is Cl.Cl.O=C(CN1CCN(C(=O)C2CNCCO2)CC1)N1CCCCCC1. The molecule has 0 aromatic carbocycles. The van der Waals surface area contributed by atoms with E-state index in [4.69, 9.17) is 4.74 Å². The van der Waals surface area contributed by atoms with Crippen molar-refractivity contribution >= 4 is 36.6 Å². The van der Waals surface area contributed by atoms with Gasteiger partial charge in [-0.05, 0) is 12.8 Å². The molecule has 0 aliphatic carbocycles. The van der Waals surface area contributed by atoms with Crippen LogP contribution in [0.2, 0.25) is 0 Å². The van der Waals surface area contributed by atoms with Crippen molar-refractivity contribution in [2.24, 2.45) is 0 Å². The highest BCUT2D eigenvalue weighted by molar-refractivity contribution is 5.85. The van der Waals surface area contributed by atoms with E-state index in [9.17, 15) is 9.59 Å². The number of likely N-dealkylation sites (tertiary alicyclic amines) is 1. The van der Waals surface area contributed by atoms with Crippen LogP contribution in [0.15, 0.2) is 0 Å². The van der Waals surface area contributed by atoms with Gasteiger partial charge in [-0.3, -0.25) is 14.5 Å². The van der Waals surface area contributed by atoms with Crippen molar-refractivity contribution in [1.29, 1.82) is 0 Å². The molecule has 0 radical (unpaired) electrons. The Bertz CT molecular complexity index is 434. The third-order valence-corrected chi connectivity index (χ3v) is 5.20.